The predicted octanol–water partition coefficient (Wildman–Crippen LogP) is 0.0701. The number of hydrazine groups is 1. The number of carbonyl (C=O) groups is 1. The van der Waals surface area contributed by atoms with E-state index in [1.54, 1.807) is 12.1 Å². The molecule has 8 heteroatoms. The van der Waals surface area contributed by atoms with Gasteiger partial charge in [0.25, 0.3) is 5.91 Å². The molecule has 0 spiro atoms. The normalized spacial score (nSPS) is 10.5. The van der Waals surface area contributed by atoms with Crippen molar-refractivity contribution in [3.8, 4) is 11.5 Å². The van der Waals surface area contributed by atoms with E-state index in [2.05, 4.69) is 0 Å². The Bertz CT molecular complexity index is 676. The topological polar surface area (TPSA) is 95.6 Å². The van der Waals surface area contributed by atoms with E-state index in [0.29, 0.717) is 21.7 Å². The Kier molecular flexibility index (Phi) is 3.72. The molecule has 0 aliphatic carbocycles. The molecule has 0 radical (unpaired) electrons. The van der Waals surface area contributed by atoms with Crippen LogP contribution in [-0.2, 0) is 11.3 Å². The number of nitrogens with two attached hydrogens (primary N) is 1. The van der Waals surface area contributed by atoms with E-state index in [1.807, 2.05) is 5.43 Å². The van der Waals surface area contributed by atoms with Gasteiger partial charge in [-0.15, -0.1) is 0 Å². The third-order valence-electron chi connectivity index (χ3n) is 2.64. The molecular weight excluding hydrogens is 270 g/mol. The monoisotopic (exact) mass is 283 g/mol. The molecule has 1 aromatic carbocycles. The van der Waals surface area contributed by atoms with Crippen molar-refractivity contribution in [2.75, 3.05) is 14.2 Å². The molecule has 1 aromatic heterocycles. The number of carbonyl (C=O) groups excluding carboxylic acids is 1. The summed E-state index contributed by atoms with van der Waals surface area (Å²) >= 11 is 1.03. The molecule has 102 valence electrons. The SMILES string of the molecule is COc1cc2sc(=O)n(CC(=O)NN)c2cc1OC. The first kappa shape index (κ1) is 13.4. The molecule has 1 heterocycles. The highest BCUT2D eigenvalue weighted by Gasteiger charge is 2.14. The second-order valence-electron chi connectivity index (χ2n) is 3.70. The van der Waals surface area contributed by atoms with Gasteiger partial charge in [-0.25, -0.2) is 5.84 Å². The van der Waals surface area contributed by atoms with E-state index < -0.39 is 5.91 Å². The number of benzene rings is 1. The number of nitrogens with one attached hydrogen (secondary N) is 1. The van der Waals surface area contributed by atoms with Gasteiger partial charge >= 0.3 is 4.87 Å². The maximum Gasteiger partial charge on any atom is 0.308 e. The highest BCUT2D eigenvalue weighted by Crippen LogP contribution is 2.33. The first-order valence-electron chi connectivity index (χ1n) is 5.35. The number of amides is 1. The third-order valence-corrected chi connectivity index (χ3v) is 3.58. The summed E-state index contributed by atoms with van der Waals surface area (Å²) in [6.07, 6.45) is 0. The van der Waals surface area contributed by atoms with Gasteiger partial charge in [0.15, 0.2) is 11.5 Å². The maximum absolute atomic E-state index is 11.9. The number of aromatic nitrogens is 1. The third kappa shape index (κ3) is 2.40. The number of hydrogen-bond acceptors (Lipinski definition) is 6. The summed E-state index contributed by atoms with van der Waals surface area (Å²) in [5.74, 6) is 5.61. The first-order valence-corrected chi connectivity index (χ1v) is 6.17. The van der Waals surface area contributed by atoms with Gasteiger partial charge < -0.3 is 9.47 Å². The van der Waals surface area contributed by atoms with E-state index in [0.717, 1.165) is 11.3 Å². The van der Waals surface area contributed by atoms with Gasteiger partial charge in [-0.1, -0.05) is 11.3 Å². The molecule has 0 aliphatic heterocycles. The van der Waals surface area contributed by atoms with Crippen molar-refractivity contribution < 1.29 is 14.3 Å². The molecule has 7 nitrogen and oxygen atoms in total. The molecule has 2 rings (SSSR count). The van der Waals surface area contributed by atoms with E-state index >= 15 is 0 Å². The lowest BCUT2D eigenvalue weighted by Gasteiger charge is -2.08. The Morgan fingerprint density at radius 3 is 2.58 bits per heavy atom. The Morgan fingerprint density at radius 1 is 1.37 bits per heavy atom. The predicted molar refractivity (Wildman–Crippen MR) is 71.5 cm³/mol. The van der Waals surface area contributed by atoms with E-state index in [9.17, 15) is 9.59 Å². The summed E-state index contributed by atoms with van der Waals surface area (Å²) in [6.45, 7) is -0.134. The minimum atomic E-state index is -0.448. The molecule has 0 fully saturated rings. The quantitative estimate of drug-likeness (QED) is 0.470. The summed E-state index contributed by atoms with van der Waals surface area (Å²) < 4.78 is 12.4. The molecule has 3 N–H and O–H groups in total. The van der Waals surface area contributed by atoms with E-state index in [1.165, 1.54) is 18.8 Å². The van der Waals surface area contributed by atoms with Crippen LogP contribution in [0, 0.1) is 0 Å². The van der Waals surface area contributed by atoms with Gasteiger partial charge in [0.05, 0.1) is 24.4 Å². The lowest BCUT2D eigenvalue weighted by Crippen LogP contribution is -2.35. The second kappa shape index (κ2) is 5.29. The van der Waals surface area contributed by atoms with Crippen LogP contribution in [0.2, 0.25) is 0 Å². The van der Waals surface area contributed by atoms with Gasteiger partial charge in [-0.2, -0.15) is 0 Å². The molecular formula is C11H13N3O4S. The van der Waals surface area contributed by atoms with Crippen molar-refractivity contribution in [3.05, 3.63) is 21.8 Å². The molecule has 0 saturated heterocycles. The van der Waals surface area contributed by atoms with Gasteiger partial charge in [-0.3, -0.25) is 19.6 Å². The lowest BCUT2D eigenvalue weighted by molar-refractivity contribution is -0.121. The van der Waals surface area contributed by atoms with Gasteiger partial charge in [0, 0.05) is 12.1 Å². The van der Waals surface area contributed by atoms with Crippen LogP contribution in [0.3, 0.4) is 0 Å². The number of methoxy groups -OCH3 is 2. The Morgan fingerprint density at radius 2 is 2.00 bits per heavy atom. The highest BCUT2D eigenvalue weighted by molar-refractivity contribution is 7.16. The molecule has 0 aliphatic rings. The number of rotatable bonds is 4. The molecule has 1 amide bonds. The van der Waals surface area contributed by atoms with Crippen molar-refractivity contribution in [1.29, 1.82) is 0 Å². The van der Waals surface area contributed by atoms with Crippen LogP contribution in [-0.4, -0.2) is 24.7 Å². The zero-order chi connectivity index (χ0) is 14.0. The lowest BCUT2D eigenvalue weighted by atomic mass is 10.3. The molecule has 0 unspecified atom stereocenters. The summed E-state index contributed by atoms with van der Waals surface area (Å²) in [4.78, 5) is 22.9. The Labute approximate surface area is 112 Å². The van der Waals surface area contributed by atoms with Crippen LogP contribution >= 0.6 is 11.3 Å². The van der Waals surface area contributed by atoms with Gasteiger partial charge in [0.2, 0.25) is 0 Å². The van der Waals surface area contributed by atoms with Crippen LogP contribution in [0.1, 0.15) is 0 Å². The average molecular weight is 283 g/mol. The van der Waals surface area contributed by atoms with Crippen LogP contribution in [0.15, 0.2) is 16.9 Å². The van der Waals surface area contributed by atoms with Gasteiger partial charge in [0.1, 0.15) is 6.54 Å². The number of hydrogen-bond donors (Lipinski definition) is 2. The van der Waals surface area contributed by atoms with Crippen LogP contribution in [0.25, 0.3) is 10.2 Å². The number of ether oxygens (including phenoxy) is 2. The molecule has 19 heavy (non-hydrogen) atoms. The van der Waals surface area contributed by atoms with Gasteiger partial charge in [-0.05, 0) is 0 Å². The molecule has 0 bridgehead atoms. The van der Waals surface area contributed by atoms with Crippen molar-refractivity contribution in [3.63, 3.8) is 0 Å². The standard InChI is InChI=1S/C11H13N3O4S/c1-17-7-3-6-9(4-8(7)18-2)19-11(16)14(6)5-10(15)13-12/h3-4H,5,12H2,1-2H3,(H,13,15). The van der Waals surface area contributed by atoms with Crippen LogP contribution in [0.4, 0.5) is 0 Å². The average Bonchev–Trinajstić information content (AvgIpc) is 2.72. The zero-order valence-corrected chi connectivity index (χ0v) is 11.2. The molecule has 0 atom stereocenters. The maximum atomic E-state index is 11.9. The fraction of sp³-hybridized carbons (Fsp3) is 0.273. The van der Waals surface area contributed by atoms with E-state index in [-0.39, 0.29) is 11.4 Å². The van der Waals surface area contributed by atoms with Crippen molar-refractivity contribution in [1.82, 2.24) is 9.99 Å². The minimum absolute atomic E-state index is 0.134. The van der Waals surface area contributed by atoms with Crippen molar-refractivity contribution in [2.45, 2.75) is 6.54 Å². The summed E-state index contributed by atoms with van der Waals surface area (Å²) in [6, 6.07) is 3.37. The number of fused-ring (bicyclic) bond motifs is 1. The highest BCUT2D eigenvalue weighted by atomic mass is 32.1. The fourth-order valence-corrected chi connectivity index (χ4v) is 2.63. The summed E-state index contributed by atoms with van der Waals surface area (Å²) in [5, 5.41) is 0. The van der Waals surface area contributed by atoms with Crippen LogP contribution in [0.5, 0.6) is 11.5 Å². The second-order valence-corrected chi connectivity index (χ2v) is 4.69. The van der Waals surface area contributed by atoms with Crippen molar-refractivity contribution in [2.24, 2.45) is 5.84 Å². The smallest absolute Gasteiger partial charge is 0.308 e. The van der Waals surface area contributed by atoms with Crippen LogP contribution < -0.4 is 25.6 Å². The summed E-state index contributed by atoms with van der Waals surface area (Å²) in [7, 11) is 3.02. The first-order chi connectivity index (χ1) is 9.10. The zero-order valence-electron chi connectivity index (χ0n) is 10.4. The number of nitrogens with zero attached hydrogens (tertiary/aromatic N) is 1. The number of thiazole rings is 1. The Balaban J connectivity index is 2.62. The molecule has 2 aromatic rings. The van der Waals surface area contributed by atoms with E-state index in [4.69, 9.17) is 15.3 Å². The molecule has 0 saturated carbocycles. The Hall–Kier alpha value is -2.06. The summed E-state index contributed by atoms with van der Waals surface area (Å²) in [5.41, 5.74) is 2.60. The van der Waals surface area contributed by atoms with Crippen molar-refractivity contribution >= 4 is 27.5 Å². The largest absolute Gasteiger partial charge is 0.493 e. The fourth-order valence-electron chi connectivity index (χ4n) is 1.73. The minimum Gasteiger partial charge on any atom is -0.493 e.